The fourth-order valence-electron chi connectivity index (χ4n) is 15.4. The zero-order chi connectivity index (χ0) is 78.3. The Morgan fingerprint density at radius 3 is 1.29 bits per heavy atom. The van der Waals surface area contributed by atoms with E-state index < -0.39 is 17.5 Å². The van der Waals surface area contributed by atoms with E-state index in [2.05, 4.69) is 70.1 Å². The van der Waals surface area contributed by atoms with Gasteiger partial charge in [-0.2, -0.15) is 0 Å². The molecule has 112 heavy (non-hydrogen) atoms. The number of halogens is 3. The van der Waals surface area contributed by atoms with Crippen molar-refractivity contribution in [1.82, 2.24) is 58.0 Å². The van der Waals surface area contributed by atoms with Crippen LogP contribution in [0.2, 0.25) is 0 Å². The zero-order valence-corrected chi connectivity index (χ0v) is 63.6. The number of pyridine rings is 4. The molecule has 0 radical (unpaired) electrons. The van der Waals surface area contributed by atoms with Crippen molar-refractivity contribution in [2.24, 2.45) is 11.8 Å². The summed E-state index contributed by atoms with van der Waals surface area (Å²) >= 11 is 0. The van der Waals surface area contributed by atoms with Crippen molar-refractivity contribution in [3.05, 3.63) is 235 Å². The van der Waals surface area contributed by atoms with E-state index >= 15 is 0 Å². The predicted molar refractivity (Wildman–Crippen MR) is 427 cm³/mol. The summed E-state index contributed by atoms with van der Waals surface area (Å²) in [6.45, 7) is 15.7. The molecule has 0 aliphatic carbocycles. The molecule has 3 atom stereocenters. The molecule has 0 amide bonds. The number of fused-ring (bicyclic) bond motifs is 5. The second-order valence-corrected chi connectivity index (χ2v) is 28.6. The molecule has 582 valence electrons. The summed E-state index contributed by atoms with van der Waals surface area (Å²) in [5, 5.41) is 15.8. The Hall–Kier alpha value is -11.7. The molecule has 5 aliphatic heterocycles. The van der Waals surface area contributed by atoms with Gasteiger partial charge in [-0.25, -0.2) is 33.1 Å². The fourth-order valence-corrected chi connectivity index (χ4v) is 15.4. The minimum Gasteiger partial charge on any atom is -0.494 e. The Morgan fingerprint density at radius 1 is 0.420 bits per heavy atom. The van der Waals surface area contributed by atoms with Crippen LogP contribution in [-0.4, -0.2) is 199 Å². The normalized spacial score (nSPS) is 17.3. The first kappa shape index (κ1) is 77.1. The van der Waals surface area contributed by atoms with Crippen molar-refractivity contribution >= 4 is 39.7 Å². The van der Waals surface area contributed by atoms with Crippen LogP contribution in [0.25, 0.3) is 67.6 Å². The van der Waals surface area contributed by atoms with E-state index in [9.17, 15) is 32.3 Å². The van der Waals surface area contributed by atoms with Gasteiger partial charge in [0.05, 0.1) is 82.0 Å². The van der Waals surface area contributed by atoms with E-state index in [-0.39, 0.29) is 46.1 Å². The Bertz CT molecular complexity index is 5660. The Kier molecular flexibility index (Phi) is 23.6. The largest absolute Gasteiger partial charge is 0.494 e. The van der Waals surface area contributed by atoms with Crippen LogP contribution in [-0.2, 0) is 0 Å². The van der Waals surface area contributed by atoms with Gasteiger partial charge in [0.1, 0.15) is 22.6 Å². The molecular weight excluding hydrogens is 1440 g/mol. The maximum atomic E-state index is 14.1. The minimum atomic E-state index is -0.479. The number of likely N-dealkylation sites (tertiary alicyclic amines) is 2. The summed E-state index contributed by atoms with van der Waals surface area (Å²) in [4.78, 5) is 80.8. The van der Waals surface area contributed by atoms with Crippen LogP contribution in [0.3, 0.4) is 0 Å². The molecule has 0 bridgehead atoms. The number of aromatic nitrogens is 8. The standard InChI is InChI=1S/C23H27N3O4.C22H23FN4O2.C20H21FN4O2.C19H19FN4O2/c1-29-20-5-3-17(13-21(20)30-2)19-14-23(28)26-15-18(4-6-22(26)24-19)16-7-9-25(10-8-16)11-12-27;1-25-9-15-11-26(12-16(15)10-25)17-4-6-21-24-19(8-22(28)27(21)13-17)14-3-5-20(29-2)18(23)7-14;1-13-11-24(8-7-22-13)15-4-6-19-23-17(10-20(26)25(19)12-15)14-3-5-16(21)18(9-14)27-2;1-26-17-10-13(2-4-15(17)20)16-11-19(25)24-12-14(3-5-18(24)22-16)23-8-6-21-7-9-23/h3-6,13-16,27H,7-12H2,1-2H3;3-8,13,15-16H,9-12H2,1-2H3;3-6,9-10,12-13,22H,7-8,11H2,1-2H3;2-5,10-12,21H,6-9H2,1H3/t;15-,16+;13-;/m..0./s1. The third-order valence-corrected chi connectivity index (χ3v) is 21.4. The molecule has 4 aromatic carbocycles. The molecule has 5 fully saturated rings. The molecule has 17 rings (SSSR count). The number of nitrogens with zero attached hydrogens (tertiary/aromatic N) is 13. The number of benzene rings is 4. The number of piperazine rings is 2. The minimum absolute atomic E-state index is 0.107. The maximum absolute atomic E-state index is 14.1. The lowest BCUT2D eigenvalue weighted by atomic mass is 9.90. The number of β-amino-alcohol motifs (C(OH)–C–C–N with tert-alkyl or cyclic N) is 1. The average molecular weight is 1530 g/mol. The number of rotatable bonds is 15. The molecule has 8 aromatic heterocycles. The number of hydrogen-bond donors (Lipinski definition) is 3. The maximum Gasteiger partial charge on any atom is 0.258 e. The van der Waals surface area contributed by atoms with Gasteiger partial charge in [0.2, 0.25) is 0 Å². The second-order valence-electron chi connectivity index (χ2n) is 28.6. The van der Waals surface area contributed by atoms with Gasteiger partial charge in [-0.3, -0.25) is 36.8 Å². The van der Waals surface area contributed by atoms with Crippen molar-refractivity contribution < 1.29 is 42.0 Å². The number of hydrogen-bond acceptors (Lipinski definition) is 21. The van der Waals surface area contributed by atoms with Crippen LogP contribution in [0.1, 0.15) is 31.2 Å². The molecule has 13 heterocycles. The fraction of sp³-hybridized carbons (Fsp3) is 0.333. The lowest BCUT2D eigenvalue weighted by Gasteiger charge is -2.33. The lowest BCUT2D eigenvalue weighted by Crippen LogP contribution is -2.49. The summed E-state index contributed by atoms with van der Waals surface area (Å²) in [5.74, 6) is 2.07. The number of aliphatic hydroxyl groups is 1. The van der Waals surface area contributed by atoms with E-state index in [0.29, 0.717) is 97.3 Å². The quantitative estimate of drug-likeness (QED) is 0.0865. The highest BCUT2D eigenvalue weighted by Gasteiger charge is 2.39. The number of nitrogens with one attached hydrogen (secondary N) is 2. The van der Waals surface area contributed by atoms with Gasteiger partial charge >= 0.3 is 0 Å². The van der Waals surface area contributed by atoms with E-state index in [1.165, 1.54) is 57.7 Å². The summed E-state index contributed by atoms with van der Waals surface area (Å²) in [6, 6.07) is 40.8. The van der Waals surface area contributed by atoms with Crippen LogP contribution < -0.4 is 71.3 Å². The Labute approximate surface area is 644 Å². The van der Waals surface area contributed by atoms with Crippen molar-refractivity contribution in [1.29, 1.82) is 0 Å². The molecule has 0 saturated carbocycles. The Balaban J connectivity index is 0.000000124. The van der Waals surface area contributed by atoms with Crippen LogP contribution in [0.4, 0.5) is 30.2 Å². The first-order valence-electron chi connectivity index (χ1n) is 37.4. The van der Waals surface area contributed by atoms with Gasteiger partial charge in [0, 0.05) is 156 Å². The summed E-state index contributed by atoms with van der Waals surface area (Å²) in [6.07, 6.45) is 9.50. The lowest BCUT2D eigenvalue weighted by molar-refractivity contribution is 0.164. The number of aliphatic hydroxyl groups excluding tert-OH is 1. The topological polar surface area (TPSA) is 244 Å². The highest BCUT2D eigenvalue weighted by Crippen LogP contribution is 2.36. The molecule has 12 aromatic rings. The van der Waals surface area contributed by atoms with E-state index in [4.69, 9.17) is 33.8 Å². The molecular formula is C84H90F3N15O10. The van der Waals surface area contributed by atoms with Gasteiger partial charge in [0.25, 0.3) is 22.2 Å². The molecule has 0 unspecified atom stereocenters. The molecule has 3 N–H and O–H groups in total. The van der Waals surface area contributed by atoms with Crippen molar-refractivity contribution in [3.63, 3.8) is 0 Å². The molecule has 0 spiro atoms. The third-order valence-electron chi connectivity index (χ3n) is 21.4. The number of piperidine rings is 1. The summed E-state index contributed by atoms with van der Waals surface area (Å²) in [7, 11) is 9.58. The van der Waals surface area contributed by atoms with E-state index in [1.54, 1.807) is 74.3 Å². The second kappa shape index (κ2) is 34.3. The Morgan fingerprint density at radius 2 is 0.830 bits per heavy atom. The van der Waals surface area contributed by atoms with Crippen LogP contribution >= 0.6 is 0 Å². The number of methoxy groups -OCH3 is 5. The molecule has 5 saturated heterocycles. The summed E-state index contributed by atoms with van der Waals surface area (Å²) in [5.41, 5.74) is 10.5. The smallest absolute Gasteiger partial charge is 0.258 e. The van der Waals surface area contributed by atoms with Gasteiger partial charge < -0.3 is 63.9 Å². The van der Waals surface area contributed by atoms with E-state index in [0.717, 1.165) is 133 Å². The van der Waals surface area contributed by atoms with E-state index in [1.807, 2.05) is 85.5 Å². The monoisotopic (exact) mass is 1530 g/mol. The van der Waals surface area contributed by atoms with Gasteiger partial charge in [-0.15, -0.1) is 0 Å². The molecule has 25 nitrogen and oxygen atoms in total. The van der Waals surface area contributed by atoms with Crippen LogP contribution in [0, 0.1) is 29.3 Å². The van der Waals surface area contributed by atoms with Crippen molar-refractivity contribution in [2.75, 3.05) is 156 Å². The zero-order valence-electron chi connectivity index (χ0n) is 63.6. The van der Waals surface area contributed by atoms with Crippen LogP contribution in [0.5, 0.6) is 28.7 Å². The number of anilines is 3. The first-order valence-corrected chi connectivity index (χ1v) is 37.4. The highest BCUT2D eigenvalue weighted by molar-refractivity contribution is 5.69. The molecule has 28 heteroatoms. The SMILES string of the molecule is COc1cc(-c2cc(=O)n3cc(N4CCNCC4)ccc3n2)ccc1F.COc1cc(-c2cc(=O)n3cc(N4CCN[C@@H](C)C4)ccc3n2)ccc1F.COc1ccc(-c2cc(=O)n3cc(C4CCN(CCO)CC4)ccc3n2)cc1OC.COc1ccc(-c2cc(=O)n3cc(N4C[C@H]5CN(C)C[C@H]5C4)ccc3n2)cc1F. The van der Waals surface area contributed by atoms with Crippen LogP contribution in [0.15, 0.2) is 190 Å². The third kappa shape index (κ3) is 17.1. The highest BCUT2D eigenvalue weighted by atomic mass is 19.1. The summed E-state index contributed by atoms with van der Waals surface area (Å²) < 4.78 is 73.2. The van der Waals surface area contributed by atoms with Gasteiger partial charge in [-0.1, -0.05) is 6.07 Å². The predicted octanol–water partition coefficient (Wildman–Crippen LogP) is 9.28. The van der Waals surface area contributed by atoms with Gasteiger partial charge in [0.15, 0.2) is 46.2 Å². The molecule has 5 aliphatic rings. The number of ether oxygens (including phenoxy) is 5. The van der Waals surface area contributed by atoms with Gasteiger partial charge in [-0.05, 0) is 178 Å². The first-order chi connectivity index (χ1) is 54.3. The average Bonchev–Trinajstić information content (AvgIpc) is 1.20. The van der Waals surface area contributed by atoms with Crippen molar-refractivity contribution in [2.45, 2.75) is 31.7 Å². The van der Waals surface area contributed by atoms with Crippen molar-refractivity contribution in [3.8, 4) is 73.8 Å².